The van der Waals surface area contributed by atoms with Crippen LogP contribution in [-0.2, 0) is 14.3 Å². The molecule has 0 aliphatic rings. The van der Waals surface area contributed by atoms with Gasteiger partial charge in [0.2, 0.25) is 0 Å². The standard InChI is InChI=1S/C19H15F3N2O4/c1-10(18(25)24-15-8-7-14(20)16(21)17(15)22)28-19(26)11(2)27-13-5-3-12(9-23)4-6-13/h3-8,10-11H,1-2H3,(H,24,25)/t10-,11+/m0/s1. The lowest BCUT2D eigenvalue weighted by Gasteiger charge is -2.18. The summed E-state index contributed by atoms with van der Waals surface area (Å²) in [5, 5.41) is 10.8. The van der Waals surface area contributed by atoms with Crippen molar-refractivity contribution < 1.29 is 32.2 Å². The van der Waals surface area contributed by atoms with Crippen LogP contribution in [-0.4, -0.2) is 24.1 Å². The highest BCUT2D eigenvalue weighted by molar-refractivity contribution is 5.95. The maximum Gasteiger partial charge on any atom is 0.347 e. The lowest BCUT2D eigenvalue weighted by atomic mass is 10.2. The molecule has 9 heteroatoms. The summed E-state index contributed by atoms with van der Waals surface area (Å²) in [5.74, 6) is -6.20. The first kappa shape index (κ1) is 20.8. The Morgan fingerprint density at radius 3 is 2.25 bits per heavy atom. The van der Waals surface area contributed by atoms with Gasteiger partial charge in [0.05, 0.1) is 17.3 Å². The first-order valence-electron chi connectivity index (χ1n) is 8.04. The van der Waals surface area contributed by atoms with Crippen LogP contribution in [0.3, 0.4) is 0 Å². The summed E-state index contributed by atoms with van der Waals surface area (Å²) < 4.78 is 50.0. The maximum atomic E-state index is 13.6. The summed E-state index contributed by atoms with van der Waals surface area (Å²) in [7, 11) is 0. The third-order valence-electron chi connectivity index (χ3n) is 3.58. The zero-order chi connectivity index (χ0) is 20.8. The summed E-state index contributed by atoms with van der Waals surface area (Å²) in [6.07, 6.45) is -2.43. The fourth-order valence-electron chi connectivity index (χ4n) is 2.04. The number of amides is 1. The normalized spacial score (nSPS) is 12.4. The van der Waals surface area contributed by atoms with Crippen molar-refractivity contribution >= 4 is 17.6 Å². The predicted octanol–water partition coefficient (Wildman–Crippen LogP) is 3.31. The molecule has 2 atom stereocenters. The number of halogens is 3. The topological polar surface area (TPSA) is 88.4 Å². The van der Waals surface area contributed by atoms with Gasteiger partial charge in [0.1, 0.15) is 5.75 Å². The SMILES string of the molecule is C[C@H](OC(=O)[C@@H](C)Oc1ccc(C#N)cc1)C(=O)Nc1ccc(F)c(F)c1F. The van der Waals surface area contributed by atoms with Gasteiger partial charge in [0, 0.05) is 0 Å². The van der Waals surface area contributed by atoms with E-state index in [1.807, 2.05) is 11.4 Å². The van der Waals surface area contributed by atoms with Gasteiger partial charge >= 0.3 is 5.97 Å². The van der Waals surface area contributed by atoms with Gasteiger partial charge in [-0.3, -0.25) is 4.79 Å². The fourth-order valence-corrected chi connectivity index (χ4v) is 2.04. The Morgan fingerprint density at radius 1 is 1.00 bits per heavy atom. The van der Waals surface area contributed by atoms with E-state index in [2.05, 4.69) is 0 Å². The monoisotopic (exact) mass is 392 g/mol. The van der Waals surface area contributed by atoms with Crippen molar-refractivity contribution in [3.05, 3.63) is 59.4 Å². The second kappa shape index (κ2) is 8.90. The molecule has 0 unspecified atom stereocenters. The van der Waals surface area contributed by atoms with Crippen LogP contribution >= 0.6 is 0 Å². The zero-order valence-corrected chi connectivity index (χ0v) is 14.8. The highest BCUT2D eigenvalue weighted by atomic mass is 19.2. The molecule has 0 fully saturated rings. The van der Waals surface area contributed by atoms with Crippen molar-refractivity contribution in [1.82, 2.24) is 0 Å². The average Bonchev–Trinajstić information content (AvgIpc) is 2.68. The summed E-state index contributed by atoms with van der Waals surface area (Å²) in [6, 6.07) is 9.41. The molecular weight excluding hydrogens is 377 g/mol. The highest BCUT2D eigenvalue weighted by Crippen LogP contribution is 2.20. The molecule has 0 spiro atoms. The molecule has 6 nitrogen and oxygen atoms in total. The number of anilines is 1. The van der Waals surface area contributed by atoms with Gasteiger partial charge in [-0.2, -0.15) is 5.26 Å². The average molecular weight is 392 g/mol. The molecule has 0 saturated heterocycles. The number of nitriles is 1. The van der Waals surface area contributed by atoms with E-state index < -0.39 is 47.2 Å². The Bertz CT molecular complexity index is 926. The molecule has 0 heterocycles. The van der Waals surface area contributed by atoms with Gasteiger partial charge in [-0.25, -0.2) is 18.0 Å². The minimum Gasteiger partial charge on any atom is -0.479 e. The largest absolute Gasteiger partial charge is 0.479 e. The van der Waals surface area contributed by atoms with E-state index in [1.54, 1.807) is 0 Å². The van der Waals surface area contributed by atoms with Crippen LogP contribution in [0.1, 0.15) is 19.4 Å². The number of carbonyl (C=O) groups is 2. The van der Waals surface area contributed by atoms with E-state index in [1.165, 1.54) is 38.1 Å². The summed E-state index contributed by atoms with van der Waals surface area (Å²) in [6.45, 7) is 2.61. The Hall–Kier alpha value is -3.54. The predicted molar refractivity (Wildman–Crippen MR) is 91.7 cm³/mol. The number of benzene rings is 2. The lowest BCUT2D eigenvalue weighted by Crippen LogP contribution is -2.35. The van der Waals surface area contributed by atoms with Crippen molar-refractivity contribution in [2.45, 2.75) is 26.1 Å². The first-order chi connectivity index (χ1) is 13.2. The highest BCUT2D eigenvalue weighted by Gasteiger charge is 2.24. The van der Waals surface area contributed by atoms with Crippen LogP contribution in [0.5, 0.6) is 5.75 Å². The van der Waals surface area contributed by atoms with Crippen molar-refractivity contribution in [3.8, 4) is 11.8 Å². The second-order valence-electron chi connectivity index (χ2n) is 5.69. The van der Waals surface area contributed by atoms with E-state index in [0.29, 0.717) is 17.4 Å². The third-order valence-corrected chi connectivity index (χ3v) is 3.58. The number of rotatable bonds is 6. The Balaban J connectivity index is 1.94. The molecule has 0 aliphatic heterocycles. The minimum absolute atomic E-state index is 0.310. The Morgan fingerprint density at radius 2 is 1.64 bits per heavy atom. The number of carbonyl (C=O) groups excluding carboxylic acids is 2. The van der Waals surface area contributed by atoms with Gasteiger partial charge < -0.3 is 14.8 Å². The molecule has 2 rings (SSSR count). The molecule has 28 heavy (non-hydrogen) atoms. The molecule has 0 aromatic heterocycles. The van der Waals surface area contributed by atoms with Crippen LogP contribution in [0.2, 0.25) is 0 Å². The molecule has 0 bridgehead atoms. The molecular formula is C19H15F3N2O4. The first-order valence-corrected chi connectivity index (χ1v) is 8.04. The second-order valence-corrected chi connectivity index (χ2v) is 5.69. The van der Waals surface area contributed by atoms with E-state index >= 15 is 0 Å². The third kappa shape index (κ3) is 5.01. The summed E-state index contributed by atoms with van der Waals surface area (Å²) in [4.78, 5) is 24.0. The number of ether oxygens (including phenoxy) is 2. The van der Waals surface area contributed by atoms with E-state index in [9.17, 15) is 22.8 Å². The van der Waals surface area contributed by atoms with Gasteiger partial charge in [-0.1, -0.05) is 0 Å². The smallest absolute Gasteiger partial charge is 0.347 e. The molecule has 0 radical (unpaired) electrons. The van der Waals surface area contributed by atoms with Gasteiger partial charge in [0.25, 0.3) is 5.91 Å². The van der Waals surface area contributed by atoms with Crippen molar-refractivity contribution in [2.24, 2.45) is 0 Å². The van der Waals surface area contributed by atoms with Gasteiger partial charge in [-0.15, -0.1) is 0 Å². The fraction of sp³-hybridized carbons (Fsp3) is 0.211. The van der Waals surface area contributed by atoms with E-state index in [0.717, 1.165) is 6.07 Å². The molecule has 2 aromatic carbocycles. The van der Waals surface area contributed by atoms with E-state index in [4.69, 9.17) is 14.7 Å². The van der Waals surface area contributed by atoms with Crippen molar-refractivity contribution in [2.75, 3.05) is 5.32 Å². The summed E-state index contributed by atoms with van der Waals surface area (Å²) >= 11 is 0. The quantitative estimate of drug-likeness (QED) is 0.602. The van der Waals surface area contributed by atoms with Crippen LogP contribution < -0.4 is 10.1 Å². The van der Waals surface area contributed by atoms with Crippen LogP contribution in [0, 0.1) is 28.8 Å². The van der Waals surface area contributed by atoms with Gasteiger partial charge in [-0.05, 0) is 50.2 Å². The van der Waals surface area contributed by atoms with Crippen molar-refractivity contribution in [1.29, 1.82) is 5.26 Å². The van der Waals surface area contributed by atoms with Crippen molar-refractivity contribution in [3.63, 3.8) is 0 Å². The molecule has 1 N–H and O–H groups in total. The number of hydrogen-bond acceptors (Lipinski definition) is 5. The van der Waals surface area contributed by atoms with Crippen LogP contribution in [0.4, 0.5) is 18.9 Å². The molecule has 0 saturated carbocycles. The van der Waals surface area contributed by atoms with E-state index in [-0.39, 0.29) is 0 Å². The minimum atomic E-state index is -1.73. The molecule has 2 aromatic rings. The number of hydrogen-bond donors (Lipinski definition) is 1. The number of esters is 1. The number of nitrogens with one attached hydrogen (secondary N) is 1. The molecule has 1 amide bonds. The molecule has 146 valence electrons. The summed E-state index contributed by atoms with van der Waals surface area (Å²) in [5.41, 5.74) is -0.175. The number of nitrogens with zero attached hydrogens (tertiary/aromatic N) is 1. The Labute approximate surface area is 158 Å². The van der Waals surface area contributed by atoms with Crippen LogP contribution in [0.25, 0.3) is 0 Å². The maximum absolute atomic E-state index is 13.6. The lowest BCUT2D eigenvalue weighted by molar-refractivity contribution is -0.159. The zero-order valence-electron chi connectivity index (χ0n) is 14.8. The molecule has 0 aliphatic carbocycles. The van der Waals surface area contributed by atoms with Gasteiger partial charge in [0.15, 0.2) is 29.7 Å². The van der Waals surface area contributed by atoms with Crippen LogP contribution in [0.15, 0.2) is 36.4 Å². The Kier molecular flexibility index (Phi) is 6.60.